The number of fused-ring (bicyclic) bond motifs is 2. The fourth-order valence-electron chi connectivity index (χ4n) is 2.81. The lowest BCUT2D eigenvalue weighted by Crippen LogP contribution is -2.16. The minimum Gasteiger partial charge on any atom is -0.459 e. The maximum absolute atomic E-state index is 11.9. The molecule has 0 aliphatic carbocycles. The van der Waals surface area contributed by atoms with E-state index < -0.39 is 0 Å². The van der Waals surface area contributed by atoms with Crippen LogP contribution in [0.25, 0.3) is 21.5 Å². The number of hydrogen-bond donors (Lipinski definition) is 1. The van der Waals surface area contributed by atoms with Crippen molar-refractivity contribution in [2.45, 2.75) is 0 Å². The third-order valence-corrected chi connectivity index (χ3v) is 3.92. The van der Waals surface area contributed by atoms with Gasteiger partial charge in [0.05, 0.1) is 12.5 Å². The molecule has 116 valence electrons. The molecular weight excluding hydrogens is 300 g/mol. The SMILES string of the molecule is O=C(NN=Cc1c2ccccc2cc2ccccc12)c1ccco1. The second-order valence-corrected chi connectivity index (χ2v) is 5.41. The zero-order valence-electron chi connectivity index (χ0n) is 12.8. The predicted molar refractivity (Wildman–Crippen MR) is 95.2 cm³/mol. The van der Waals surface area contributed by atoms with Crippen molar-refractivity contribution < 1.29 is 9.21 Å². The van der Waals surface area contributed by atoms with Crippen LogP contribution in [0.3, 0.4) is 0 Å². The zero-order valence-corrected chi connectivity index (χ0v) is 12.8. The molecule has 4 heteroatoms. The van der Waals surface area contributed by atoms with E-state index in [1.54, 1.807) is 18.3 Å². The Kier molecular flexibility index (Phi) is 3.56. The Morgan fingerprint density at radius 1 is 0.917 bits per heavy atom. The number of rotatable bonds is 3. The lowest BCUT2D eigenvalue weighted by atomic mass is 9.97. The quantitative estimate of drug-likeness (QED) is 0.347. The van der Waals surface area contributed by atoms with E-state index in [2.05, 4.69) is 40.9 Å². The highest BCUT2D eigenvalue weighted by Gasteiger charge is 2.08. The molecule has 0 aliphatic rings. The van der Waals surface area contributed by atoms with Crippen LogP contribution in [0.5, 0.6) is 0 Å². The van der Waals surface area contributed by atoms with Gasteiger partial charge in [0.2, 0.25) is 0 Å². The highest BCUT2D eigenvalue weighted by Crippen LogP contribution is 2.27. The van der Waals surface area contributed by atoms with Crippen molar-refractivity contribution in [2.75, 3.05) is 0 Å². The van der Waals surface area contributed by atoms with Gasteiger partial charge in [0.15, 0.2) is 5.76 Å². The second kappa shape index (κ2) is 6.01. The number of hydrazone groups is 1. The molecule has 1 N–H and O–H groups in total. The standard InChI is InChI=1S/C20H14N2O2/c23-20(19-10-5-11-24-19)22-21-13-18-16-8-3-1-6-14(16)12-15-7-2-4-9-17(15)18/h1-13H,(H,22,23). The van der Waals surface area contributed by atoms with Gasteiger partial charge in [-0.05, 0) is 39.7 Å². The van der Waals surface area contributed by atoms with Gasteiger partial charge >= 0.3 is 5.91 Å². The van der Waals surface area contributed by atoms with E-state index in [9.17, 15) is 4.79 Å². The smallest absolute Gasteiger partial charge is 0.307 e. The average Bonchev–Trinajstić information content (AvgIpc) is 3.16. The van der Waals surface area contributed by atoms with Gasteiger partial charge < -0.3 is 4.42 Å². The van der Waals surface area contributed by atoms with E-state index in [1.807, 2.05) is 24.3 Å². The van der Waals surface area contributed by atoms with E-state index in [4.69, 9.17) is 4.42 Å². The first kappa shape index (κ1) is 14.2. The molecule has 4 aromatic rings. The fourth-order valence-corrected chi connectivity index (χ4v) is 2.81. The summed E-state index contributed by atoms with van der Waals surface area (Å²) >= 11 is 0. The fraction of sp³-hybridized carbons (Fsp3) is 0. The zero-order chi connectivity index (χ0) is 16.4. The molecule has 24 heavy (non-hydrogen) atoms. The van der Waals surface area contributed by atoms with E-state index >= 15 is 0 Å². The Bertz CT molecular complexity index is 996. The predicted octanol–water partition coefficient (Wildman–Crippen LogP) is 4.35. The Morgan fingerprint density at radius 2 is 1.58 bits per heavy atom. The molecule has 1 heterocycles. The largest absolute Gasteiger partial charge is 0.459 e. The van der Waals surface area contributed by atoms with Gasteiger partial charge in [-0.25, -0.2) is 5.43 Å². The van der Waals surface area contributed by atoms with Crippen LogP contribution < -0.4 is 5.43 Å². The molecule has 3 aromatic carbocycles. The van der Waals surface area contributed by atoms with E-state index in [-0.39, 0.29) is 11.7 Å². The topological polar surface area (TPSA) is 54.6 Å². The van der Waals surface area contributed by atoms with Gasteiger partial charge in [-0.1, -0.05) is 48.5 Å². The maximum Gasteiger partial charge on any atom is 0.307 e. The molecule has 0 fully saturated rings. The third-order valence-electron chi connectivity index (χ3n) is 3.92. The summed E-state index contributed by atoms with van der Waals surface area (Å²) in [6.45, 7) is 0. The first-order valence-electron chi connectivity index (χ1n) is 7.60. The lowest BCUT2D eigenvalue weighted by Gasteiger charge is -2.07. The van der Waals surface area contributed by atoms with Gasteiger partial charge in [0.1, 0.15) is 0 Å². The van der Waals surface area contributed by atoms with Gasteiger partial charge in [-0.15, -0.1) is 0 Å². The number of amides is 1. The molecule has 4 nitrogen and oxygen atoms in total. The van der Waals surface area contributed by atoms with Crippen LogP contribution in [0, 0.1) is 0 Å². The first-order chi connectivity index (χ1) is 11.8. The number of hydrogen-bond acceptors (Lipinski definition) is 3. The minimum atomic E-state index is -0.374. The summed E-state index contributed by atoms with van der Waals surface area (Å²) in [6, 6.07) is 21.7. The van der Waals surface area contributed by atoms with Crippen LogP contribution in [0.2, 0.25) is 0 Å². The number of nitrogens with zero attached hydrogens (tertiary/aromatic N) is 1. The van der Waals surface area contributed by atoms with Gasteiger partial charge in [-0.2, -0.15) is 5.10 Å². The van der Waals surface area contributed by atoms with Crippen LogP contribution >= 0.6 is 0 Å². The monoisotopic (exact) mass is 314 g/mol. The van der Waals surface area contributed by atoms with Gasteiger partial charge in [0.25, 0.3) is 0 Å². The normalized spacial score (nSPS) is 11.3. The second-order valence-electron chi connectivity index (χ2n) is 5.41. The van der Waals surface area contributed by atoms with Crippen LogP contribution in [-0.2, 0) is 0 Å². The van der Waals surface area contributed by atoms with Crippen molar-refractivity contribution in [3.8, 4) is 0 Å². The Balaban J connectivity index is 1.76. The van der Waals surface area contributed by atoms with E-state index in [0.717, 1.165) is 27.1 Å². The van der Waals surface area contributed by atoms with E-state index in [1.165, 1.54) is 6.26 Å². The number of carbonyl (C=O) groups is 1. The average molecular weight is 314 g/mol. The molecule has 0 spiro atoms. The molecule has 4 rings (SSSR count). The lowest BCUT2D eigenvalue weighted by molar-refractivity contribution is 0.0927. The molecule has 0 bridgehead atoms. The molecule has 0 aliphatic heterocycles. The summed E-state index contributed by atoms with van der Waals surface area (Å²) in [7, 11) is 0. The highest BCUT2D eigenvalue weighted by atomic mass is 16.3. The minimum absolute atomic E-state index is 0.231. The van der Waals surface area contributed by atoms with Crippen molar-refractivity contribution in [3.05, 3.63) is 84.3 Å². The number of carbonyl (C=O) groups excluding carboxylic acids is 1. The molecule has 1 aromatic heterocycles. The van der Waals surface area contributed by atoms with Crippen molar-refractivity contribution in [1.29, 1.82) is 0 Å². The van der Waals surface area contributed by atoms with Crippen molar-refractivity contribution in [3.63, 3.8) is 0 Å². The van der Waals surface area contributed by atoms with Crippen LogP contribution in [0.15, 0.2) is 82.5 Å². The van der Waals surface area contributed by atoms with Gasteiger partial charge in [-0.3, -0.25) is 4.79 Å². The Labute approximate surface area is 138 Å². The molecule has 0 unspecified atom stereocenters. The summed E-state index contributed by atoms with van der Waals surface area (Å²) < 4.78 is 5.05. The molecule has 0 saturated heterocycles. The van der Waals surface area contributed by atoms with Crippen LogP contribution in [0.1, 0.15) is 16.1 Å². The third kappa shape index (κ3) is 2.54. The molecular formula is C20H14N2O2. The Hall–Kier alpha value is -3.40. The number of nitrogens with one attached hydrogen (secondary N) is 1. The van der Waals surface area contributed by atoms with Crippen LogP contribution in [-0.4, -0.2) is 12.1 Å². The molecule has 1 amide bonds. The van der Waals surface area contributed by atoms with Gasteiger partial charge in [0, 0.05) is 5.56 Å². The molecule has 0 atom stereocenters. The van der Waals surface area contributed by atoms with E-state index in [0.29, 0.717) is 0 Å². The first-order valence-corrected chi connectivity index (χ1v) is 7.60. The summed E-state index contributed by atoms with van der Waals surface area (Å²) in [5, 5.41) is 8.56. The summed E-state index contributed by atoms with van der Waals surface area (Å²) in [6.07, 6.45) is 3.14. The number of furan rings is 1. The van der Waals surface area contributed by atoms with Crippen molar-refractivity contribution >= 4 is 33.7 Å². The molecule has 0 saturated carbocycles. The molecule has 0 radical (unpaired) electrons. The van der Waals surface area contributed by atoms with Crippen molar-refractivity contribution in [2.24, 2.45) is 5.10 Å². The number of benzene rings is 3. The summed E-state index contributed by atoms with van der Waals surface area (Å²) in [5.74, 6) is -0.143. The summed E-state index contributed by atoms with van der Waals surface area (Å²) in [4.78, 5) is 11.9. The Morgan fingerprint density at radius 3 is 2.21 bits per heavy atom. The van der Waals surface area contributed by atoms with Crippen LogP contribution in [0.4, 0.5) is 0 Å². The summed E-state index contributed by atoms with van der Waals surface area (Å²) in [5.41, 5.74) is 3.48. The highest BCUT2D eigenvalue weighted by molar-refractivity contribution is 6.13. The van der Waals surface area contributed by atoms with Crippen molar-refractivity contribution in [1.82, 2.24) is 5.43 Å². The maximum atomic E-state index is 11.9.